The van der Waals surface area contributed by atoms with Gasteiger partial charge in [-0.2, -0.15) is 0 Å². The summed E-state index contributed by atoms with van der Waals surface area (Å²) in [6.07, 6.45) is 2.21. The van der Waals surface area contributed by atoms with Crippen molar-refractivity contribution in [1.82, 2.24) is 4.98 Å². The van der Waals surface area contributed by atoms with Crippen molar-refractivity contribution in [2.24, 2.45) is 0 Å². The molecule has 3 aromatic rings. The largest absolute Gasteiger partial charge is 0.494 e. The molecule has 3 heterocycles. The van der Waals surface area contributed by atoms with Crippen molar-refractivity contribution in [3.05, 3.63) is 46.2 Å². The molecule has 1 aromatic carbocycles. The quantitative estimate of drug-likeness (QED) is 0.528. The number of thiophene rings is 1. The average molecular weight is 428 g/mol. The Hall–Kier alpha value is -2.71. The van der Waals surface area contributed by atoms with E-state index in [-0.39, 0.29) is 11.8 Å². The third-order valence-corrected chi connectivity index (χ3v) is 6.31. The zero-order valence-corrected chi connectivity index (χ0v) is 17.6. The molecule has 0 unspecified atom stereocenters. The number of anilines is 2. The van der Waals surface area contributed by atoms with E-state index in [2.05, 4.69) is 28.6 Å². The standard InChI is InChI=1S/C21H21N3O3S2/c1-13-4-8-18(29-13)17-12-28-21(23-17)24-19(25)3-2-10-27-15-6-7-16-14(11-15)5-9-20(26)22-16/h4,6-8,11-12H,2-3,5,9-10H2,1H3,(H,22,26)(H,23,24,25). The molecule has 0 bridgehead atoms. The summed E-state index contributed by atoms with van der Waals surface area (Å²) < 4.78 is 5.76. The summed E-state index contributed by atoms with van der Waals surface area (Å²) in [7, 11) is 0. The summed E-state index contributed by atoms with van der Waals surface area (Å²) in [5.41, 5.74) is 2.84. The molecule has 6 nitrogen and oxygen atoms in total. The van der Waals surface area contributed by atoms with E-state index >= 15 is 0 Å². The molecule has 0 radical (unpaired) electrons. The fourth-order valence-electron chi connectivity index (χ4n) is 3.07. The number of rotatable bonds is 7. The number of ether oxygens (including phenoxy) is 1. The summed E-state index contributed by atoms with van der Waals surface area (Å²) in [6, 6.07) is 9.78. The molecular formula is C21H21N3O3S2. The Kier molecular flexibility index (Phi) is 5.92. The fraction of sp³-hybridized carbons (Fsp3) is 0.286. The number of nitrogens with one attached hydrogen (secondary N) is 2. The molecule has 29 heavy (non-hydrogen) atoms. The second-order valence-corrected chi connectivity index (χ2v) is 8.96. The maximum absolute atomic E-state index is 12.2. The minimum absolute atomic E-state index is 0.0510. The molecule has 1 aliphatic rings. The molecule has 1 aliphatic heterocycles. The molecule has 0 atom stereocenters. The highest BCUT2D eigenvalue weighted by atomic mass is 32.1. The summed E-state index contributed by atoms with van der Waals surface area (Å²) in [5, 5.41) is 8.29. The fourth-order valence-corrected chi connectivity index (χ4v) is 4.70. The van der Waals surface area contributed by atoms with Crippen LogP contribution >= 0.6 is 22.7 Å². The molecule has 0 saturated carbocycles. The van der Waals surface area contributed by atoms with Gasteiger partial charge in [0.25, 0.3) is 0 Å². The lowest BCUT2D eigenvalue weighted by Gasteiger charge is -2.17. The summed E-state index contributed by atoms with van der Waals surface area (Å²) >= 11 is 3.12. The molecule has 0 aliphatic carbocycles. The minimum atomic E-state index is -0.0648. The van der Waals surface area contributed by atoms with E-state index in [1.807, 2.05) is 29.6 Å². The van der Waals surface area contributed by atoms with Gasteiger partial charge >= 0.3 is 0 Å². The number of fused-ring (bicyclic) bond motifs is 1. The Morgan fingerprint density at radius 2 is 2.17 bits per heavy atom. The highest BCUT2D eigenvalue weighted by Crippen LogP contribution is 2.30. The smallest absolute Gasteiger partial charge is 0.226 e. The zero-order chi connectivity index (χ0) is 20.2. The van der Waals surface area contributed by atoms with E-state index in [0.717, 1.165) is 34.0 Å². The van der Waals surface area contributed by atoms with Gasteiger partial charge in [-0.15, -0.1) is 22.7 Å². The van der Waals surface area contributed by atoms with Gasteiger partial charge in [0.15, 0.2) is 5.13 Å². The van der Waals surface area contributed by atoms with E-state index in [1.54, 1.807) is 11.3 Å². The number of nitrogens with zero attached hydrogens (tertiary/aromatic N) is 1. The Morgan fingerprint density at radius 1 is 1.28 bits per heavy atom. The Morgan fingerprint density at radius 3 is 3.00 bits per heavy atom. The van der Waals surface area contributed by atoms with Crippen LogP contribution in [-0.4, -0.2) is 23.4 Å². The van der Waals surface area contributed by atoms with Gasteiger partial charge in [0.05, 0.1) is 17.2 Å². The number of thiazole rings is 1. The second kappa shape index (κ2) is 8.75. The Balaban J connectivity index is 1.22. The van der Waals surface area contributed by atoms with Gasteiger partial charge in [-0.3, -0.25) is 9.59 Å². The number of amides is 2. The number of hydrogen-bond acceptors (Lipinski definition) is 6. The van der Waals surface area contributed by atoms with E-state index in [1.165, 1.54) is 16.2 Å². The second-order valence-electron chi connectivity index (χ2n) is 6.82. The Labute approximate surface area is 176 Å². The highest BCUT2D eigenvalue weighted by Gasteiger charge is 2.15. The van der Waals surface area contributed by atoms with Crippen LogP contribution in [-0.2, 0) is 16.0 Å². The van der Waals surface area contributed by atoms with E-state index in [4.69, 9.17) is 4.74 Å². The zero-order valence-electron chi connectivity index (χ0n) is 16.0. The van der Waals surface area contributed by atoms with E-state index in [9.17, 15) is 9.59 Å². The number of benzene rings is 1. The average Bonchev–Trinajstić information content (AvgIpc) is 3.34. The van der Waals surface area contributed by atoms with E-state index < -0.39 is 0 Å². The van der Waals surface area contributed by atoms with Crippen LogP contribution in [0.4, 0.5) is 10.8 Å². The lowest BCUT2D eigenvalue weighted by molar-refractivity contribution is -0.117. The predicted octanol–water partition coefficient (Wildman–Crippen LogP) is 4.86. The van der Waals surface area contributed by atoms with Crippen molar-refractivity contribution < 1.29 is 14.3 Å². The molecule has 4 rings (SSSR count). The van der Waals surface area contributed by atoms with Gasteiger partial charge in [-0.05, 0) is 55.7 Å². The summed E-state index contributed by atoms with van der Waals surface area (Å²) in [5.74, 6) is 0.746. The molecular weight excluding hydrogens is 406 g/mol. The van der Waals surface area contributed by atoms with Gasteiger partial charge in [0.1, 0.15) is 5.75 Å². The third kappa shape index (κ3) is 5.02. The van der Waals surface area contributed by atoms with Crippen LogP contribution in [0.15, 0.2) is 35.7 Å². The van der Waals surface area contributed by atoms with Crippen LogP contribution in [0.5, 0.6) is 5.75 Å². The molecule has 0 spiro atoms. The van der Waals surface area contributed by atoms with Crippen LogP contribution in [0.25, 0.3) is 10.6 Å². The number of aromatic nitrogens is 1. The van der Waals surface area contributed by atoms with Crippen molar-refractivity contribution in [1.29, 1.82) is 0 Å². The normalized spacial score (nSPS) is 12.9. The van der Waals surface area contributed by atoms with Crippen molar-refractivity contribution in [3.63, 3.8) is 0 Å². The van der Waals surface area contributed by atoms with Gasteiger partial charge in [-0.25, -0.2) is 4.98 Å². The first-order valence-corrected chi connectivity index (χ1v) is 11.1. The molecule has 150 valence electrons. The van der Waals surface area contributed by atoms with Crippen molar-refractivity contribution in [3.8, 4) is 16.3 Å². The van der Waals surface area contributed by atoms with E-state index in [0.29, 0.717) is 31.0 Å². The van der Waals surface area contributed by atoms with Gasteiger partial charge in [-0.1, -0.05) is 0 Å². The van der Waals surface area contributed by atoms with Crippen LogP contribution in [0.2, 0.25) is 0 Å². The molecule has 2 N–H and O–H groups in total. The SMILES string of the molecule is Cc1ccc(-c2csc(NC(=O)CCCOc3ccc4c(c3)CCC(=O)N4)n2)s1. The van der Waals surface area contributed by atoms with Crippen LogP contribution in [0.1, 0.15) is 29.7 Å². The number of carbonyl (C=O) groups excluding carboxylic acids is 2. The van der Waals surface area contributed by atoms with Crippen molar-refractivity contribution in [2.75, 3.05) is 17.2 Å². The Bertz CT molecular complexity index is 1040. The lowest BCUT2D eigenvalue weighted by atomic mass is 10.0. The highest BCUT2D eigenvalue weighted by molar-refractivity contribution is 7.17. The molecule has 8 heteroatoms. The van der Waals surface area contributed by atoms with Gasteiger partial charge < -0.3 is 15.4 Å². The predicted molar refractivity (Wildman–Crippen MR) is 117 cm³/mol. The lowest BCUT2D eigenvalue weighted by Crippen LogP contribution is -2.18. The topological polar surface area (TPSA) is 80.3 Å². The summed E-state index contributed by atoms with van der Waals surface area (Å²) in [4.78, 5) is 30.4. The number of hydrogen-bond donors (Lipinski definition) is 2. The van der Waals surface area contributed by atoms with Crippen LogP contribution < -0.4 is 15.4 Å². The van der Waals surface area contributed by atoms with Crippen LogP contribution in [0, 0.1) is 6.92 Å². The number of carbonyl (C=O) groups is 2. The number of aryl methyl sites for hydroxylation is 2. The summed E-state index contributed by atoms with van der Waals surface area (Å²) in [6.45, 7) is 2.52. The van der Waals surface area contributed by atoms with Crippen molar-refractivity contribution in [2.45, 2.75) is 32.6 Å². The van der Waals surface area contributed by atoms with Gasteiger partial charge in [0, 0.05) is 28.8 Å². The molecule has 0 saturated heterocycles. The minimum Gasteiger partial charge on any atom is -0.494 e. The van der Waals surface area contributed by atoms with Crippen LogP contribution in [0.3, 0.4) is 0 Å². The maximum atomic E-state index is 12.2. The first kappa shape index (κ1) is 19.6. The van der Waals surface area contributed by atoms with Crippen molar-refractivity contribution >= 4 is 45.3 Å². The molecule has 2 aromatic heterocycles. The van der Waals surface area contributed by atoms with Gasteiger partial charge in [0.2, 0.25) is 11.8 Å². The maximum Gasteiger partial charge on any atom is 0.226 e. The first-order chi connectivity index (χ1) is 14.1. The molecule has 2 amide bonds. The monoisotopic (exact) mass is 427 g/mol. The first-order valence-electron chi connectivity index (χ1n) is 9.44. The molecule has 0 fully saturated rings. The third-order valence-electron chi connectivity index (χ3n) is 4.53.